The number of aryl methyl sites for hydroxylation is 1. The van der Waals surface area contributed by atoms with E-state index in [1.165, 1.54) is 11.6 Å². The first kappa shape index (κ1) is 15.1. The summed E-state index contributed by atoms with van der Waals surface area (Å²) in [5, 5.41) is 9.10. The Morgan fingerprint density at radius 2 is 1.95 bits per heavy atom. The highest BCUT2D eigenvalue weighted by molar-refractivity contribution is 6.31. The topological polar surface area (TPSA) is 50.1 Å². The van der Waals surface area contributed by atoms with Crippen LogP contribution in [0.15, 0.2) is 42.5 Å². The van der Waals surface area contributed by atoms with Crippen molar-refractivity contribution in [1.82, 2.24) is 0 Å². The van der Waals surface area contributed by atoms with E-state index in [4.69, 9.17) is 21.6 Å². The van der Waals surface area contributed by atoms with Crippen molar-refractivity contribution in [2.45, 2.75) is 13.3 Å². The Kier molecular flexibility index (Phi) is 4.97. The number of rotatable bonds is 5. The van der Waals surface area contributed by atoms with Gasteiger partial charge in [-0.05, 0) is 24.1 Å². The minimum absolute atomic E-state index is 0.0618. The number of ketones is 1. The fourth-order valence-electron chi connectivity index (χ4n) is 1.83. The van der Waals surface area contributed by atoms with Gasteiger partial charge in [0.05, 0.1) is 10.6 Å². The molecule has 2 aromatic carbocycles. The van der Waals surface area contributed by atoms with Gasteiger partial charge in [0, 0.05) is 11.6 Å². The zero-order chi connectivity index (χ0) is 15.2. The third kappa shape index (κ3) is 3.84. The maximum Gasteiger partial charge on any atom is 0.200 e. The quantitative estimate of drug-likeness (QED) is 0.783. The first-order chi connectivity index (χ1) is 10.1. The van der Waals surface area contributed by atoms with Crippen LogP contribution in [-0.2, 0) is 6.42 Å². The lowest BCUT2D eigenvalue weighted by Crippen LogP contribution is -2.11. The molecule has 0 aliphatic rings. The Hall–Kier alpha value is -2.31. The molecule has 0 aliphatic carbocycles. The molecule has 0 aromatic heterocycles. The lowest BCUT2D eigenvalue weighted by Gasteiger charge is -2.07. The van der Waals surface area contributed by atoms with Gasteiger partial charge in [-0.2, -0.15) is 5.26 Å². The van der Waals surface area contributed by atoms with E-state index < -0.39 is 0 Å². The number of carbonyl (C=O) groups excluding carboxylic acids is 1. The molecule has 0 atom stereocenters. The van der Waals surface area contributed by atoms with E-state index in [2.05, 4.69) is 6.92 Å². The molecule has 106 valence electrons. The van der Waals surface area contributed by atoms with Crippen molar-refractivity contribution in [2.75, 3.05) is 6.61 Å². The average Bonchev–Trinajstić information content (AvgIpc) is 2.52. The van der Waals surface area contributed by atoms with Crippen LogP contribution in [0.3, 0.4) is 0 Å². The third-order valence-corrected chi connectivity index (χ3v) is 3.43. The Morgan fingerprint density at radius 1 is 1.24 bits per heavy atom. The minimum Gasteiger partial charge on any atom is -0.485 e. The number of hydrogen-bond donors (Lipinski definition) is 0. The molecular formula is C17H14ClNO2. The monoisotopic (exact) mass is 299 g/mol. The van der Waals surface area contributed by atoms with Crippen molar-refractivity contribution in [3.8, 4) is 11.8 Å². The molecule has 0 unspecified atom stereocenters. The van der Waals surface area contributed by atoms with Crippen molar-refractivity contribution in [3.05, 3.63) is 64.2 Å². The summed E-state index contributed by atoms with van der Waals surface area (Å²) in [4.78, 5) is 12.0. The second kappa shape index (κ2) is 6.92. The highest BCUT2D eigenvalue weighted by atomic mass is 35.5. The number of nitriles is 1. The Labute approximate surface area is 128 Å². The number of Topliss-reactive ketones (excluding diaryl/α,β-unsaturated/α-hetero) is 1. The fourth-order valence-corrected chi connectivity index (χ4v) is 2.05. The van der Waals surface area contributed by atoms with E-state index in [9.17, 15) is 4.79 Å². The normalized spacial score (nSPS) is 9.95. The van der Waals surface area contributed by atoms with Crippen molar-refractivity contribution >= 4 is 17.4 Å². The molecule has 4 heteroatoms. The largest absolute Gasteiger partial charge is 0.485 e. The van der Waals surface area contributed by atoms with Crippen molar-refractivity contribution < 1.29 is 9.53 Å². The molecular weight excluding hydrogens is 286 g/mol. The molecule has 2 rings (SSSR count). The van der Waals surface area contributed by atoms with Gasteiger partial charge in [-0.15, -0.1) is 0 Å². The minimum atomic E-state index is -0.0989. The summed E-state index contributed by atoms with van der Waals surface area (Å²) in [6.07, 6.45) is 0.939. The predicted molar refractivity (Wildman–Crippen MR) is 81.8 cm³/mol. The van der Waals surface area contributed by atoms with E-state index in [-0.39, 0.29) is 12.4 Å². The standard InChI is InChI=1S/C17H14ClNO2/c1-2-12-3-5-13(6-4-12)17(20)11-21-15-8-7-14(10-19)16(18)9-15/h3-9H,2,11H2,1H3. The predicted octanol–water partition coefficient (Wildman–Crippen LogP) is 4.04. The molecule has 0 bridgehead atoms. The van der Waals surface area contributed by atoms with Gasteiger partial charge in [0.15, 0.2) is 12.4 Å². The van der Waals surface area contributed by atoms with Gasteiger partial charge in [0.2, 0.25) is 0 Å². The lowest BCUT2D eigenvalue weighted by molar-refractivity contribution is 0.0921. The highest BCUT2D eigenvalue weighted by Gasteiger charge is 2.08. The first-order valence-corrected chi connectivity index (χ1v) is 6.96. The average molecular weight is 300 g/mol. The number of nitrogens with zero attached hydrogens (tertiary/aromatic N) is 1. The molecule has 0 amide bonds. The van der Waals surface area contributed by atoms with Crippen LogP contribution in [0.4, 0.5) is 0 Å². The first-order valence-electron chi connectivity index (χ1n) is 6.58. The number of hydrogen-bond acceptors (Lipinski definition) is 3. The van der Waals surface area contributed by atoms with Crippen LogP contribution in [-0.4, -0.2) is 12.4 Å². The van der Waals surface area contributed by atoms with Gasteiger partial charge in [0.1, 0.15) is 11.8 Å². The second-order valence-electron chi connectivity index (χ2n) is 4.52. The van der Waals surface area contributed by atoms with Crippen LogP contribution < -0.4 is 4.74 Å². The van der Waals surface area contributed by atoms with Crippen molar-refractivity contribution in [3.63, 3.8) is 0 Å². The van der Waals surface area contributed by atoms with E-state index in [0.29, 0.717) is 21.9 Å². The molecule has 3 nitrogen and oxygen atoms in total. The molecule has 0 saturated carbocycles. The van der Waals surface area contributed by atoms with Crippen LogP contribution in [0.5, 0.6) is 5.75 Å². The van der Waals surface area contributed by atoms with Gasteiger partial charge in [0.25, 0.3) is 0 Å². The SMILES string of the molecule is CCc1ccc(C(=O)COc2ccc(C#N)c(Cl)c2)cc1. The zero-order valence-corrected chi connectivity index (χ0v) is 12.4. The molecule has 0 saturated heterocycles. The molecule has 2 aromatic rings. The number of carbonyl (C=O) groups is 1. The zero-order valence-electron chi connectivity index (χ0n) is 11.6. The maximum absolute atomic E-state index is 12.0. The third-order valence-electron chi connectivity index (χ3n) is 3.12. The molecule has 0 radical (unpaired) electrons. The Balaban J connectivity index is 2.00. The molecule has 0 N–H and O–H groups in total. The number of benzene rings is 2. The van der Waals surface area contributed by atoms with Crippen molar-refractivity contribution in [1.29, 1.82) is 5.26 Å². The summed E-state index contributed by atoms with van der Waals surface area (Å²) in [6.45, 7) is 2.00. The summed E-state index contributed by atoms with van der Waals surface area (Å²) in [5.41, 5.74) is 2.18. The summed E-state index contributed by atoms with van der Waals surface area (Å²) < 4.78 is 5.42. The van der Waals surface area contributed by atoms with Gasteiger partial charge < -0.3 is 4.74 Å². The van der Waals surface area contributed by atoms with Gasteiger partial charge in [-0.3, -0.25) is 4.79 Å². The van der Waals surface area contributed by atoms with E-state index in [0.717, 1.165) is 6.42 Å². The van der Waals surface area contributed by atoms with Crippen LogP contribution in [0, 0.1) is 11.3 Å². The van der Waals surface area contributed by atoms with Crippen LogP contribution >= 0.6 is 11.6 Å². The molecule has 0 spiro atoms. The van der Waals surface area contributed by atoms with E-state index in [1.807, 2.05) is 18.2 Å². The molecule has 0 aliphatic heterocycles. The summed E-state index contributed by atoms with van der Waals surface area (Å²) in [5.74, 6) is 0.371. The Morgan fingerprint density at radius 3 is 2.52 bits per heavy atom. The van der Waals surface area contributed by atoms with E-state index in [1.54, 1.807) is 24.3 Å². The molecule has 21 heavy (non-hydrogen) atoms. The van der Waals surface area contributed by atoms with Crippen LogP contribution in [0.25, 0.3) is 0 Å². The van der Waals surface area contributed by atoms with Gasteiger partial charge in [-0.25, -0.2) is 0 Å². The maximum atomic E-state index is 12.0. The van der Waals surface area contributed by atoms with Crippen LogP contribution in [0.2, 0.25) is 5.02 Å². The summed E-state index contributed by atoms with van der Waals surface area (Å²) >= 11 is 5.91. The smallest absolute Gasteiger partial charge is 0.200 e. The summed E-state index contributed by atoms with van der Waals surface area (Å²) in [6, 6.07) is 14.2. The highest BCUT2D eigenvalue weighted by Crippen LogP contribution is 2.22. The number of halogens is 1. The van der Waals surface area contributed by atoms with E-state index >= 15 is 0 Å². The Bertz CT molecular complexity index is 687. The van der Waals surface area contributed by atoms with Gasteiger partial charge in [-0.1, -0.05) is 42.8 Å². The number of ether oxygens (including phenoxy) is 1. The molecule has 0 fully saturated rings. The van der Waals surface area contributed by atoms with Crippen LogP contribution in [0.1, 0.15) is 28.4 Å². The fraction of sp³-hybridized carbons (Fsp3) is 0.176. The lowest BCUT2D eigenvalue weighted by atomic mass is 10.1. The second-order valence-corrected chi connectivity index (χ2v) is 4.92. The van der Waals surface area contributed by atoms with Gasteiger partial charge >= 0.3 is 0 Å². The molecule has 0 heterocycles. The summed E-state index contributed by atoms with van der Waals surface area (Å²) in [7, 11) is 0. The van der Waals surface area contributed by atoms with Crippen molar-refractivity contribution in [2.24, 2.45) is 0 Å².